The van der Waals surface area contributed by atoms with Crippen LogP contribution in [0.4, 0.5) is 0 Å². The van der Waals surface area contributed by atoms with Gasteiger partial charge in [0.1, 0.15) is 17.6 Å². The fraction of sp³-hybridized carbons (Fsp3) is 0.600. The lowest BCUT2D eigenvalue weighted by molar-refractivity contribution is -0.351. The average molecular weight is 410 g/mol. The average Bonchev–Trinajstić information content (AvgIpc) is 2.59. The van der Waals surface area contributed by atoms with Gasteiger partial charge in [-0.05, 0) is 32.9 Å². The molecule has 0 radical (unpaired) electrons. The van der Waals surface area contributed by atoms with Gasteiger partial charge in [-0.15, -0.1) is 0 Å². The van der Waals surface area contributed by atoms with Crippen LogP contribution in [0.15, 0.2) is 29.2 Å². The van der Waals surface area contributed by atoms with E-state index in [-0.39, 0.29) is 6.61 Å². The largest absolute Gasteiger partial charge is 0.456 e. The van der Waals surface area contributed by atoms with Gasteiger partial charge in [0.2, 0.25) is 0 Å². The molecule has 2 saturated heterocycles. The lowest BCUT2D eigenvalue weighted by Gasteiger charge is -2.50. The molecule has 1 aromatic carbocycles. The number of benzene rings is 1. The molecule has 0 amide bonds. The molecular formula is C20H26O7S. The number of esters is 2. The van der Waals surface area contributed by atoms with Crippen molar-refractivity contribution < 1.29 is 33.3 Å². The summed E-state index contributed by atoms with van der Waals surface area (Å²) in [5.74, 6) is -1.82. The van der Waals surface area contributed by atoms with Gasteiger partial charge in [0.25, 0.3) is 0 Å². The predicted octanol–water partition coefficient (Wildman–Crippen LogP) is 2.83. The third-order valence-electron chi connectivity index (χ3n) is 4.48. The van der Waals surface area contributed by atoms with Crippen molar-refractivity contribution in [2.45, 2.75) is 75.2 Å². The lowest BCUT2D eigenvalue weighted by Crippen LogP contribution is -2.65. The predicted molar refractivity (Wildman–Crippen MR) is 102 cm³/mol. The molecule has 2 fully saturated rings. The topological polar surface area (TPSA) is 80.3 Å². The number of carbonyl (C=O) groups is 2. The summed E-state index contributed by atoms with van der Waals surface area (Å²) in [6.07, 6.45) is -2.67. The maximum absolute atomic E-state index is 11.8. The molecule has 7 nitrogen and oxygen atoms in total. The number of hydrogen-bond donors (Lipinski definition) is 0. The summed E-state index contributed by atoms with van der Waals surface area (Å²) in [6.45, 7) is 8.49. The molecule has 0 unspecified atom stereocenters. The van der Waals surface area contributed by atoms with Gasteiger partial charge in [-0.1, -0.05) is 29.5 Å². The summed E-state index contributed by atoms with van der Waals surface area (Å²) in [5, 5.41) is 0. The first-order chi connectivity index (χ1) is 13.1. The van der Waals surface area contributed by atoms with Crippen LogP contribution in [-0.4, -0.2) is 54.2 Å². The molecule has 0 spiro atoms. The van der Waals surface area contributed by atoms with E-state index in [1.54, 1.807) is 13.8 Å². The van der Waals surface area contributed by atoms with Crippen molar-refractivity contribution >= 4 is 23.7 Å². The van der Waals surface area contributed by atoms with E-state index in [2.05, 4.69) is 0 Å². The van der Waals surface area contributed by atoms with E-state index in [0.29, 0.717) is 0 Å². The molecule has 1 aromatic rings. The number of rotatable bonds is 4. The van der Waals surface area contributed by atoms with Crippen molar-refractivity contribution in [2.75, 3.05) is 6.61 Å². The van der Waals surface area contributed by atoms with Crippen molar-refractivity contribution in [1.82, 2.24) is 0 Å². The number of ether oxygens (including phenoxy) is 5. The van der Waals surface area contributed by atoms with Crippen LogP contribution in [0.5, 0.6) is 0 Å². The lowest BCUT2D eigenvalue weighted by atomic mass is 9.98. The number of fused-ring (bicyclic) bond motifs is 1. The van der Waals surface area contributed by atoms with Crippen LogP contribution in [-0.2, 0) is 33.3 Å². The Labute approximate surface area is 169 Å². The standard InChI is InChI=1S/C20H26O7S/c1-11-6-8-14(9-7-11)28-19-18(25-13(3)22)17(24-12(2)21)16-15(26-19)10-23-20(4,5)27-16/h6-9,15-19H,10H2,1-5H3/t15-,16-,17+,18-,19+/m1/s1. The summed E-state index contributed by atoms with van der Waals surface area (Å²) in [4.78, 5) is 24.5. The fourth-order valence-electron chi connectivity index (χ4n) is 3.29. The highest BCUT2D eigenvalue weighted by Gasteiger charge is 2.54. The first kappa shape index (κ1) is 21.1. The van der Waals surface area contributed by atoms with E-state index in [1.807, 2.05) is 31.2 Å². The van der Waals surface area contributed by atoms with Gasteiger partial charge in [-0.2, -0.15) is 0 Å². The van der Waals surface area contributed by atoms with Gasteiger partial charge < -0.3 is 23.7 Å². The molecule has 0 aromatic heterocycles. The molecule has 2 heterocycles. The Morgan fingerprint density at radius 1 is 1.07 bits per heavy atom. The first-order valence-electron chi connectivity index (χ1n) is 9.19. The Bertz CT molecular complexity index is 718. The Balaban J connectivity index is 1.90. The SMILES string of the molecule is CC(=O)O[C@@H]1[C@@H](OC(C)=O)[C@H](Sc2ccc(C)cc2)O[C@@H]2COC(C)(C)O[C@@H]12. The van der Waals surface area contributed by atoms with Crippen molar-refractivity contribution in [2.24, 2.45) is 0 Å². The van der Waals surface area contributed by atoms with E-state index >= 15 is 0 Å². The van der Waals surface area contributed by atoms with Crippen molar-refractivity contribution in [3.63, 3.8) is 0 Å². The van der Waals surface area contributed by atoms with E-state index in [1.165, 1.54) is 25.6 Å². The zero-order valence-electron chi connectivity index (χ0n) is 16.7. The molecule has 0 aliphatic carbocycles. The second-order valence-electron chi connectivity index (χ2n) is 7.42. The summed E-state index contributed by atoms with van der Waals surface area (Å²) in [5.41, 5.74) is 0.560. The smallest absolute Gasteiger partial charge is 0.303 e. The summed E-state index contributed by atoms with van der Waals surface area (Å²) < 4.78 is 29.0. The molecule has 2 aliphatic heterocycles. The third-order valence-corrected chi connectivity index (χ3v) is 5.64. The van der Waals surface area contributed by atoms with Gasteiger partial charge in [0.05, 0.1) is 6.61 Å². The van der Waals surface area contributed by atoms with Gasteiger partial charge in [-0.25, -0.2) is 0 Å². The second-order valence-corrected chi connectivity index (χ2v) is 8.59. The van der Waals surface area contributed by atoms with Crippen LogP contribution in [0, 0.1) is 6.92 Å². The monoisotopic (exact) mass is 410 g/mol. The number of aryl methyl sites for hydroxylation is 1. The Hall–Kier alpha value is -1.61. The van der Waals surface area contributed by atoms with Crippen LogP contribution in [0.2, 0.25) is 0 Å². The quantitative estimate of drug-likeness (QED) is 0.701. The molecular weight excluding hydrogens is 384 g/mol. The molecule has 5 atom stereocenters. The molecule has 28 heavy (non-hydrogen) atoms. The number of carbonyl (C=O) groups excluding carboxylic acids is 2. The van der Waals surface area contributed by atoms with E-state index in [4.69, 9.17) is 23.7 Å². The molecule has 2 aliphatic rings. The highest BCUT2D eigenvalue weighted by atomic mass is 32.2. The maximum Gasteiger partial charge on any atom is 0.303 e. The highest BCUT2D eigenvalue weighted by molar-refractivity contribution is 7.99. The van der Waals surface area contributed by atoms with Crippen molar-refractivity contribution in [3.8, 4) is 0 Å². The van der Waals surface area contributed by atoms with Gasteiger partial charge in [-0.3, -0.25) is 9.59 Å². The minimum Gasteiger partial charge on any atom is -0.456 e. The van der Waals surface area contributed by atoms with Crippen molar-refractivity contribution in [1.29, 1.82) is 0 Å². The fourth-order valence-corrected chi connectivity index (χ4v) is 4.39. The first-order valence-corrected chi connectivity index (χ1v) is 10.1. The van der Waals surface area contributed by atoms with Crippen LogP contribution in [0.1, 0.15) is 33.3 Å². The minimum atomic E-state index is -0.860. The Kier molecular flexibility index (Phi) is 6.34. The number of hydrogen-bond acceptors (Lipinski definition) is 8. The van der Waals surface area contributed by atoms with E-state index in [0.717, 1.165) is 10.5 Å². The summed E-state index contributed by atoms with van der Waals surface area (Å²) in [7, 11) is 0. The van der Waals surface area contributed by atoms with Gasteiger partial charge in [0.15, 0.2) is 18.0 Å². The molecule has 0 N–H and O–H groups in total. The number of thioether (sulfide) groups is 1. The summed E-state index contributed by atoms with van der Waals surface area (Å²) >= 11 is 1.41. The van der Waals surface area contributed by atoms with E-state index < -0.39 is 47.6 Å². The van der Waals surface area contributed by atoms with Gasteiger partial charge >= 0.3 is 11.9 Å². The van der Waals surface area contributed by atoms with Crippen LogP contribution >= 0.6 is 11.8 Å². The zero-order chi connectivity index (χ0) is 20.5. The Morgan fingerprint density at radius 2 is 1.68 bits per heavy atom. The molecule has 8 heteroatoms. The van der Waals surface area contributed by atoms with Gasteiger partial charge in [0, 0.05) is 18.7 Å². The zero-order valence-corrected chi connectivity index (χ0v) is 17.5. The second kappa shape index (κ2) is 8.41. The van der Waals surface area contributed by atoms with Crippen molar-refractivity contribution in [3.05, 3.63) is 29.8 Å². The Morgan fingerprint density at radius 3 is 2.29 bits per heavy atom. The molecule has 154 valence electrons. The highest BCUT2D eigenvalue weighted by Crippen LogP contribution is 2.40. The minimum absolute atomic E-state index is 0.285. The molecule has 3 rings (SSSR count). The molecule has 0 bridgehead atoms. The van der Waals surface area contributed by atoms with Crippen LogP contribution < -0.4 is 0 Å². The van der Waals surface area contributed by atoms with Crippen LogP contribution in [0.3, 0.4) is 0 Å². The van der Waals surface area contributed by atoms with E-state index in [9.17, 15) is 9.59 Å². The third kappa shape index (κ3) is 5.05. The normalized spacial score (nSPS) is 31.5. The maximum atomic E-state index is 11.8. The molecule has 0 saturated carbocycles. The summed E-state index contributed by atoms with van der Waals surface area (Å²) in [6, 6.07) is 7.93. The van der Waals surface area contributed by atoms with Crippen LogP contribution in [0.25, 0.3) is 0 Å².